The molecule has 15 heavy (non-hydrogen) atoms. The molecule has 80 valence electrons. The Morgan fingerprint density at radius 2 is 2.20 bits per heavy atom. The van der Waals surface area contributed by atoms with Gasteiger partial charge in [0.1, 0.15) is 0 Å². The van der Waals surface area contributed by atoms with E-state index in [4.69, 9.17) is 5.11 Å². The summed E-state index contributed by atoms with van der Waals surface area (Å²) in [5.74, 6) is -1.09. The molecule has 6 heteroatoms. The first kappa shape index (κ1) is 11.6. The Hall–Kier alpha value is -1.43. The molecular formula is C9H8BrNO4. The number of carboxylic acid groups (broad SMARTS) is 1. The molecular weight excluding hydrogens is 266 g/mol. The Balaban J connectivity index is 3.33. The molecule has 0 aliphatic rings. The third kappa shape index (κ3) is 2.53. The van der Waals surface area contributed by atoms with E-state index in [9.17, 15) is 14.9 Å². The molecule has 0 saturated heterocycles. The molecule has 0 amide bonds. The first-order valence-electron chi connectivity index (χ1n) is 4.07. The van der Waals surface area contributed by atoms with Crippen LogP contribution in [-0.4, -0.2) is 16.0 Å². The van der Waals surface area contributed by atoms with Crippen LogP contribution in [0.15, 0.2) is 16.6 Å². The van der Waals surface area contributed by atoms with Gasteiger partial charge < -0.3 is 5.11 Å². The van der Waals surface area contributed by atoms with Crippen molar-refractivity contribution in [1.82, 2.24) is 0 Å². The number of aryl methyl sites for hydroxylation is 1. The van der Waals surface area contributed by atoms with Gasteiger partial charge in [0.25, 0.3) is 5.69 Å². The maximum Gasteiger partial charge on any atom is 0.308 e. The van der Waals surface area contributed by atoms with E-state index in [1.54, 1.807) is 13.0 Å². The second-order valence-corrected chi connectivity index (χ2v) is 3.82. The molecule has 1 N–H and O–H groups in total. The number of rotatable bonds is 3. The Labute approximate surface area is 94.0 Å². The zero-order valence-electron chi connectivity index (χ0n) is 7.86. The maximum atomic E-state index is 10.8. The van der Waals surface area contributed by atoms with Gasteiger partial charge in [-0.15, -0.1) is 0 Å². The fraction of sp³-hybridized carbons (Fsp3) is 0.222. The monoisotopic (exact) mass is 273 g/mol. The molecule has 1 aromatic rings. The fourth-order valence-corrected chi connectivity index (χ4v) is 1.74. The number of nitro groups is 1. The summed E-state index contributed by atoms with van der Waals surface area (Å²) in [5, 5.41) is 19.4. The molecule has 1 rings (SSSR count). The van der Waals surface area contributed by atoms with Crippen molar-refractivity contribution in [2.75, 3.05) is 0 Å². The number of nitro benzene ring substituents is 1. The van der Waals surface area contributed by atoms with E-state index in [0.29, 0.717) is 10.0 Å². The van der Waals surface area contributed by atoms with Crippen molar-refractivity contribution in [1.29, 1.82) is 0 Å². The molecule has 0 aromatic heterocycles. The van der Waals surface area contributed by atoms with E-state index in [-0.39, 0.29) is 17.7 Å². The second kappa shape index (κ2) is 4.39. The molecule has 0 bridgehead atoms. The van der Waals surface area contributed by atoms with Crippen molar-refractivity contribution < 1.29 is 14.8 Å². The average Bonchev–Trinajstić information content (AvgIpc) is 2.10. The topological polar surface area (TPSA) is 80.4 Å². The van der Waals surface area contributed by atoms with Crippen LogP contribution in [0.25, 0.3) is 0 Å². The Morgan fingerprint density at radius 3 is 2.67 bits per heavy atom. The lowest BCUT2D eigenvalue weighted by Crippen LogP contribution is -2.04. The predicted octanol–water partition coefficient (Wildman–Crippen LogP) is 2.29. The van der Waals surface area contributed by atoms with Gasteiger partial charge in [0, 0.05) is 5.56 Å². The summed E-state index contributed by atoms with van der Waals surface area (Å²) in [6.07, 6.45) is -0.352. The van der Waals surface area contributed by atoms with Crippen LogP contribution in [0.4, 0.5) is 5.69 Å². The van der Waals surface area contributed by atoms with Gasteiger partial charge in [0.05, 0.1) is 15.8 Å². The number of nitrogens with zero attached hydrogens (tertiary/aromatic N) is 1. The summed E-state index contributed by atoms with van der Waals surface area (Å²) in [6, 6.07) is 3.11. The molecule has 0 heterocycles. The van der Waals surface area contributed by atoms with Crippen LogP contribution < -0.4 is 0 Å². The van der Waals surface area contributed by atoms with E-state index < -0.39 is 10.9 Å². The lowest BCUT2D eigenvalue weighted by atomic mass is 10.1. The molecule has 5 nitrogen and oxygen atoms in total. The average molecular weight is 274 g/mol. The standard InChI is InChI=1S/C9H8BrNO4/c1-5-2-3-6(4-7(12)13)9(8(5)10)11(14)15/h2-3H,4H2,1H3,(H,12,13). The second-order valence-electron chi connectivity index (χ2n) is 3.03. The number of hydrogen-bond acceptors (Lipinski definition) is 3. The van der Waals surface area contributed by atoms with Crippen LogP contribution in [0.1, 0.15) is 11.1 Å². The molecule has 1 aromatic carbocycles. The summed E-state index contributed by atoms with van der Waals surface area (Å²) in [7, 11) is 0. The number of aliphatic carboxylic acids is 1. The number of carboxylic acids is 1. The van der Waals surface area contributed by atoms with Crippen molar-refractivity contribution in [3.8, 4) is 0 Å². The lowest BCUT2D eigenvalue weighted by molar-refractivity contribution is -0.386. The van der Waals surface area contributed by atoms with Crippen LogP contribution in [0.2, 0.25) is 0 Å². The lowest BCUT2D eigenvalue weighted by Gasteiger charge is -2.04. The Morgan fingerprint density at radius 1 is 1.60 bits per heavy atom. The van der Waals surface area contributed by atoms with Gasteiger partial charge in [-0.3, -0.25) is 14.9 Å². The molecule has 0 aliphatic carbocycles. The summed E-state index contributed by atoms with van der Waals surface area (Å²) in [5.41, 5.74) is 0.734. The van der Waals surface area contributed by atoms with Crippen molar-refractivity contribution in [3.63, 3.8) is 0 Å². The molecule has 0 spiro atoms. The number of halogens is 1. The molecule has 0 saturated carbocycles. The predicted molar refractivity (Wildman–Crippen MR) is 56.9 cm³/mol. The molecule has 0 atom stereocenters. The van der Waals surface area contributed by atoms with Crippen LogP contribution in [0.5, 0.6) is 0 Å². The smallest absolute Gasteiger partial charge is 0.308 e. The first-order valence-corrected chi connectivity index (χ1v) is 4.87. The molecule has 0 fully saturated rings. The summed E-state index contributed by atoms with van der Waals surface area (Å²) in [6.45, 7) is 1.71. The quantitative estimate of drug-likeness (QED) is 0.677. The summed E-state index contributed by atoms with van der Waals surface area (Å²) < 4.78 is 0.339. The zero-order chi connectivity index (χ0) is 11.6. The van der Waals surface area contributed by atoms with Gasteiger partial charge in [0.15, 0.2) is 0 Å². The minimum absolute atomic E-state index is 0.169. The van der Waals surface area contributed by atoms with Crippen molar-refractivity contribution in [2.24, 2.45) is 0 Å². The SMILES string of the molecule is Cc1ccc(CC(=O)O)c([N+](=O)[O-])c1Br. The Bertz CT molecular complexity index is 430. The first-order chi connectivity index (χ1) is 6.93. The third-order valence-electron chi connectivity index (χ3n) is 1.92. The van der Waals surface area contributed by atoms with Crippen LogP contribution >= 0.6 is 15.9 Å². The van der Waals surface area contributed by atoms with Crippen molar-refractivity contribution in [2.45, 2.75) is 13.3 Å². The Kier molecular flexibility index (Phi) is 3.41. The van der Waals surface area contributed by atoms with Gasteiger partial charge in [-0.1, -0.05) is 12.1 Å². The van der Waals surface area contributed by atoms with Crippen LogP contribution in [-0.2, 0) is 11.2 Å². The van der Waals surface area contributed by atoms with Gasteiger partial charge in [0.2, 0.25) is 0 Å². The van der Waals surface area contributed by atoms with Gasteiger partial charge in [-0.25, -0.2) is 0 Å². The highest BCUT2D eigenvalue weighted by Crippen LogP contribution is 2.32. The van der Waals surface area contributed by atoms with E-state index in [1.807, 2.05) is 0 Å². The number of carbonyl (C=O) groups is 1. The minimum Gasteiger partial charge on any atom is -0.481 e. The third-order valence-corrected chi connectivity index (χ3v) is 2.92. The van der Waals surface area contributed by atoms with E-state index in [2.05, 4.69) is 15.9 Å². The normalized spacial score (nSPS) is 10.0. The maximum absolute atomic E-state index is 10.8. The molecule has 0 unspecified atom stereocenters. The number of hydrogen-bond donors (Lipinski definition) is 1. The minimum atomic E-state index is -1.09. The summed E-state index contributed by atoms with van der Waals surface area (Å²) in [4.78, 5) is 20.7. The van der Waals surface area contributed by atoms with E-state index in [1.165, 1.54) is 6.07 Å². The van der Waals surface area contributed by atoms with Crippen LogP contribution in [0.3, 0.4) is 0 Å². The highest BCUT2D eigenvalue weighted by atomic mass is 79.9. The van der Waals surface area contributed by atoms with Gasteiger partial charge in [-0.2, -0.15) is 0 Å². The van der Waals surface area contributed by atoms with E-state index in [0.717, 1.165) is 0 Å². The fourth-order valence-electron chi connectivity index (χ4n) is 1.21. The van der Waals surface area contributed by atoms with Crippen molar-refractivity contribution >= 4 is 27.6 Å². The van der Waals surface area contributed by atoms with Gasteiger partial charge in [-0.05, 0) is 28.4 Å². The largest absolute Gasteiger partial charge is 0.481 e. The van der Waals surface area contributed by atoms with Crippen LogP contribution in [0, 0.1) is 17.0 Å². The zero-order valence-corrected chi connectivity index (χ0v) is 9.44. The van der Waals surface area contributed by atoms with E-state index >= 15 is 0 Å². The molecule has 0 radical (unpaired) electrons. The number of benzene rings is 1. The highest BCUT2D eigenvalue weighted by molar-refractivity contribution is 9.10. The highest BCUT2D eigenvalue weighted by Gasteiger charge is 2.21. The molecule has 0 aliphatic heterocycles. The summed E-state index contributed by atoms with van der Waals surface area (Å²) >= 11 is 3.09. The van der Waals surface area contributed by atoms with Gasteiger partial charge >= 0.3 is 5.97 Å². The van der Waals surface area contributed by atoms with Crippen molar-refractivity contribution in [3.05, 3.63) is 37.8 Å².